The molecule has 1 saturated heterocycles. The van der Waals surface area contributed by atoms with Crippen LogP contribution < -0.4 is 10.6 Å². The molecule has 13 heavy (non-hydrogen) atoms. The smallest absolute Gasteiger partial charge is 0.244 e. The summed E-state index contributed by atoms with van der Waals surface area (Å²) >= 11 is 1.53. The number of rotatable bonds is 3. The first-order chi connectivity index (χ1) is 6.33. The maximum Gasteiger partial charge on any atom is 0.244 e. The molecule has 0 unspecified atom stereocenters. The second-order valence-electron chi connectivity index (χ2n) is 3.09. The first-order valence-electron chi connectivity index (χ1n) is 4.53. The monoisotopic (exact) mass is 200 g/mol. The van der Waals surface area contributed by atoms with Crippen LogP contribution in [0.25, 0.3) is 0 Å². The molecule has 1 aliphatic rings. The Bertz CT molecular complexity index is 188. The van der Waals surface area contributed by atoms with Crippen LogP contribution in [0.3, 0.4) is 0 Å². The van der Waals surface area contributed by atoms with E-state index in [9.17, 15) is 4.79 Å². The van der Waals surface area contributed by atoms with Crippen LogP contribution in [0.1, 0.15) is 12.8 Å². The van der Waals surface area contributed by atoms with Crippen molar-refractivity contribution in [3.8, 4) is 0 Å². The Kier molecular flexibility index (Phi) is 4.93. The van der Waals surface area contributed by atoms with Crippen molar-refractivity contribution in [1.29, 1.82) is 0 Å². The summed E-state index contributed by atoms with van der Waals surface area (Å²) in [6.45, 7) is 1.98. The van der Waals surface area contributed by atoms with Crippen LogP contribution in [-0.4, -0.2) is 31.3 Å². The summed E-state index contributed by atoms with van der Waals surface area (Å²) in [5.74, 6) is 0.0167. The van der Waals surface area contributed by atoms with Crippen molar-refractivity contribution in [3.63, 3.8) is 0 Å². The van der Waals surface area contributed by atoms with E-state index in [-0.39, 0.29) is 5.91 Å². The average Bonchev–Trinajstić information content (AvgIpc) is 2.16. The van der Waals surface area contributed by atoms with Crippen LogP contribution >= 0.6 is 11.8 Å². The van der Waals surface area contributed by atoms with Gasteiger partial charge in [-0.05, 0) is 31.1 Å². The summed E-state index contributed by atoms with van der Waals surface area (Å²) in [4.78, 5) is 11.2. The summed E-state index contributed by atoms with van der Waals surface area (Å²) in [6, 6.07) is 0.313. The number of carbonyl (C=O) groups is 1. The Morgan fingerprint density at radius 1 is 1.69 bits per heavy atom. The van der Waals surface area contributed by atoms with Gasteiger partial charge >= 0.3 is 0 Å². The molecule has 1 fully saturated rings. The standard InChI is InChI=1S/C9H16N2OS/c1-13-6-4-9(12)11-8-3-2-5-10-7-8/h4,6,8,10H,2-3,5,7H2,1H3,(H,11,12)/b6-4+/t8-/m0/s1. The quantitative estimate of drug-likeness (QED) is 0.660. The molecular weight excluding hydrogens is 184 g/mol. The van der Waals surface area contributed by atoms with Crippen molar-refractivity contribution in [1.82, 2.24) is 10.6 Å². The molecule has 0 bridgehead atoms. The Balaban J connectivity index is 2.22. The highest BCUT2D eigenvalue weighted by molar-refractivity contribution is 8.01. The second kappa shape index (κ2) is 6.05. The van der Waals surface area contributed by atoms with Gasteiger partial charge in [0.25, 0.3) is 0 Å². The van der Waals surface area contributed by atoms with E-state index in [1.54, 1.807) is 11.5 Å². The van der Waals surface area contributed by atoms with Crippen LogP contribution in [0.4, 0.5) is 0 Å². The van der Waals surface area contributed by atoms with Gasteiger partial charge in [0.05, 0.1) is 0 Å². The minimum absolute atomic E-state index is 0.0167. The highest BCUT2D eigenvalue weighted by atomic mass is 32.2. The average molecular weight is 200 g/mol. The van der Waals surface area contributed by atoms with Crippen molar-refractivity contribution in [2.75, 3.05) is 19.3 Å². The summed E-state index contributed by atoms with van der Waals surface area (Å²) in [5, 5.41) is 8.00. The van der Waals surface area contributed by atoms with Crippen molar-refractivity contribution < 1.29 is 4.79 Å². The Labute approximate surface area is 83.3 Å². The van der Waals surface area contributed by atoms with Crippen molar-refractivity contribution in [3.05, 3.63) is 11.5 Å². The molecule has 1 atom stereocenters. The zero-order valence-corrected chi connectivity index (χ0v) is 8.69. The normalized spacial score (nSPS) is 23.3. The maximum atomic E-state index is 11.2. The van der Waals surface area contributed by atoms with Gasteiger partial charge in [0.15, 0.2) is 0 Å². The Morgan fingerprint density at radius 2 is 2.54 bits per heavy atom. The van der Waals surface area contributed by atoms with Crippen LogP contribution in [-0.2, 0) is 4.79 Å². The third-order valence-electron chi connectivity index (χ3n) is 2.00. The van der Waals surface area contributed by atoms with E-state index in [0.29, 0.717) is 6.04 Å². The highest BCUT2D eigenvalue weighted by Gasteiger charge is 2.13. The predicted molar refractivity (Wildman–Crippen MR) is 56.7 cm³/mol. The van der Waals surface area contributed by atoms with E-state index < -0.39 is 0 Å². The first kappa shape index (κ1) is 10.6. The molecule has 0 aliphatic carbocycles. The molecule has 0 aromatic carbocycles. The number of carbonyl (C=O) groups excluding carboxylic acids is 1. The predicted octanol–water partition coefficient (Wildman–Crippen LogP) is 0.731. The molecule has 0 aromatic rings. The number of hydrogen-bond acceptors (Lipinski definition) is 3. The summed E-state index contributed by atoms with van der Waals surface area (Å²) in [7, 11) is 0. The molecule has 2 N–H and O–H groups in total. The highest BCUT2D eigenvalue weighted by Crippen LogP contribution is 2.01. The van der Waals surface area contributed by atoms with Crippen LogP contribution in [0.2, 0.25) is 0 Å². The van der Waals surface area contributed by atoms with Gasteiger partial charge < -0.3 is 10.6 Å². The van der Waals surface area contributed by atoms with E-state index >= 15 is 0 Å². The first-order valence-corrected chi connectivity index (χ1v) is 5.82. The SMILES string of the molecule is CS/C=C/C(=O)N[C@H]1CCCNC1. The van der Waals surface area contributed by atoms with Crippen LogP contribution in [0.5, 0.6) is 0 Å². The number of piperidine rings is 1. The Morgan fingerprint density at radius 3 is 3.15 bits per heavy atom. The molecule has 0 spiro atoms. The molecule has 0 saturated carbocycles. The fourth-order valence-electron chi connectivity index (χ4n) is 1.35. The zero-order valence-electron chi connectivity index (χ0n) is 7.88. The molecule has 1 amide bonds. The summed E-state index contributed by atoms with van der Waals surface area (Å²) in [5.41, 5.74) is 0. The lowest BCUT2D eigenvalue weighted by Crippen LogP contribution is -2.45. The van der Waals surface area contributed by atoms with E-state index in [4.69, 9.17) is 0 Å². The number of thioether (sulfide) groups is 1. The largest absolute Gasteiger partial charge is 0.349 e. The third-order valence-corrected chi connectivity index (χ3v) is 2.41. The van der Waals surface area contributed by atoms with Gasteiger partial charge in [-0.15, -0.1) is 11.8 Å². The lowest BCUT2D eigenvalue weighted by Gasteiger charge is -2.23. The van der Waals surface area contributed by atoms with Gasteiger partial charge in [0.2, 0.25) is 5.91 Å². The fourth-order valence-corrected chi connectivity index (χ4v) is 1.61. The maximum absolute atomic E-state index is 11.2. The van der Waals surface area contributed by atoms with Crippen molar-refractivity contribution >= 4 is 17.7 Å². The van der Waals surface area contributed by atoms with E-state index in [0.717, 1.165) is 25.9 Å². The second-order valence-corrected chi connectivity index (χ2v) is 3.83. The minimum atomic E-state index is 0.0167. The van der Waals surface area contributed by atoms with E-state index in [2.05, 4.69) is 10.6 Å². The zero-order chi connectivity index (χ0) is 9.52. The van der Waals surface area contributed by atoms with E-state index in [1.807, 2.05) is 6.26 Å². The van der Waals surface area contributed by atoms with Gasteiger partial charge in [-0.25, -0.2) is 0 Å². The molecule has 1 heterocycles. The fraction of sp³-hybridized carbons (Fsp3) is 0.667. The molecular formula is C9H16N2OS. The van der Waals surface area contributed by atoms with Crippen LogP contribution in [0.15, 0.2) is 11.5 Å². The van der Waals surface area contributed by atoms with Crippen molar-refractivity contribution in [2.24, 2.45) is 0 Å². The summed E-state index contributed by atoms with van der Waals surface area (Å²) in [6.07, 6.45) is 5.76. The van der Waals surface area contributed by atoms with E-state index in [1.165, 1.54) is 11.8 Å². The van der Waals surface area contributed by atoms with Crippen molar-refractivity contribution in [2.45, 2.75) is 18.9 Å². The molecule has 1 rings (SSSR count). The molecule has 3 nitrogen and oxygen atoms in total. The molecule has 0 radical (unpaired) electrons. The van der Waals surface area contributed by atoms with Gasteiger partial charge in [0.1, 0.15) is 0 Å². The molecule has 74 valence electrons. The number of amides is 1. The molecule has 0 aromatic heterocycles. The van der Waals surface area contributed by atoms with Gasteiger partial charge in [-0.2, -0.15) is 0 Å². The lowest BCUT2D eigenvalue weighted by atomic mass is 10.1. The topological polar surface area (TPSA) is 41.1 Å². The minimum Gasteiger partial charge on any atom is -0.349 e. The number of hydrogen-bond donors (Lipinski definition) is 2. The number of nitrogens with one attached hydrogen (secondary N) is 2. The van der Waals surface area contributed by atoms with Gasteiger partial charge in [-0.3, -0.25) is 4.79 Å². The van der Waals surface area contributed by atoms with Gasteiger partial charge in [-0.1, -0.05) is 0 Å². The summed E-state index contributed by atoms with van der Waals surface area (Å²) < 4.78 is 0. The lowest BCUT2D eigenvalue weighted by molar-refractivity contribution is -0.117. The molecule has 1 aliphatic heterocycles. The van der Waals surface area contributed by atoms with Crippen LogP contribution in [0, 0.1) is 0 Å². The molecule has 4 heteroatoms. The Hall–Kier alpha value is -0.480. The van der Waals surface area contributed by atoms with Gasteiger partial charge in [0, 0.05) is 18.7 Å². The third kappa shape index (κ3) is 4.33.